The van der Waals surface area contributed by atoms with E-state index in [9.17, 15) is 9.59 Å². The molecule has 1 heterocycles. The van der Waals surface area contributed by atoms with Crippen LogP contribution in [0, 0.1) is 0 Å². The lowest BCUT2D eigenvalue weighted by Gasteiger charge is -2.12. The highest BCUT2D eigenvalue weighted by Gasteiger charge is 2.21. The predicted octanol–water partition coefficient (Wildman–Crippen LogP) is 2.08. The van der Waals surface area contributed by atoms with Crippen molar-refractivity contribution < 1.29 is 14.3 Å². The van der Waals surface area contributed by atoms with Gasteiger partial charge in [0.2, 0.25) is 5.91 Å². The average Bonchev–Trinajstić information content (AvgIpc) is 3.04. The zero-order valence-corrected chi connectivity index (χ0v) is 15.7. The van der Waals surface area contributed by atoms with Crippen molar-refractivity contribution in [1.82, 2.24) is 25.4 Å². The van der Waals surface area contributed by atoms with Crippen LogP contribution >= 0.6 is 11.8 Å². The number of allylic oxidation sites excluding steroid dienone is 1. The van der Waals surface area contributed by atoms with Gasteiger partial charge in [0.25, 0.3) is 0 Å². The first-order valence-electron chi connectivity index (χ1n) is 7.87. The summed E-state index contributed by atoms with van der Waals surface area (Å²) in [6, 6.07) is 6.91. The summed E-state index contributed by atoms with van der Waals surface area (Å²) in [6.07, 6.45) is 1.73. The maximum Gasteiger partial charge on any atom is 0.321 e. The van der Waals surface area contributed by atoms with Crippen molar-refractivity contribution in [1.29, 1.82) is 0 Å². The third-order valence-corrected chi connectivity index (χ3v) is 4.57. The van der Waals surface area contributed by atoms with Gasteiger partial charge < -0.3 is 10.1 Å². The minimum Gasteiger partial charge on any atom is -0.497 e. The molecular weight excluding hydrogens is 354 g/mol. The molecule has 0 aliphatic rings. The molecule has 138 valence electrons. The van der Waals surface area contributed by atoms with Crippen LogP contribution in [0.4, 0.5) is 4.79 Å². The highest BCUT2D eigenvalue weighted by Crippen LogP contribution is 2.28. The molecule has 0 radical (unpaired) electrons. The van der Waals surface area contributed by atoms with Gasteiger partial charge in [-0.2, -0.15) is 0 Å². The van der Waals surface area contributed by atoms with Crippen molar-refractivity contribution >= 4 is 23.7 Å². The second kappa shape index (κ2) is 9.04. The maximum atomic E-state index is 12.0. The third-order valence-electron chi connectivity index (χ3n) is 3.49. The summed E-state index contributed by atoms with van der Waals surface area (Å²) in [4.78, 5) is 23.3. The average molecular weight is 375 g/mol. The molecule has 1 atom stereocenters. The number of aromatic nitrogens is 3. The van der Waals surface area contributed by atoms with E-state index in [1.54, 1.807) is 20.1 Å². The standard InChI is InChI=1S/C17H21N5O3S/c1-5-10-22-14(12-6-8-13(25-4)9-7-12)20-21-17(22)26-11(2)15(23)19-16(24)18-3/h5-9,11H,1,10H2,2-4H3,(H2,18,19,23,24)/t11-/m1/s1. The normalized spacial score (nSPS) is 11.5. The lowest BCUT2D eigenvalue weighted by atomic mass is 10.2. The number of rotatable bonds is 7. The van der Waals surface area contributed by atoms with E-state index in [0.29, 0.717) is 17.5 Å². The molecule has 0 fully saturated rings. The van der Waals surface area contributed by atoms with Crippen molar-refractivity contribution in [2.75, 3.05) is 14.2 Å². The van der Waals surface area contributed by atoms with Crippen molar-refractivity contribution in [2.45, 2.75) is 23.9 Å². The van der Waals surface area contributed by atoms with Gasteiger partial charge in [0.15, 0.2) is 11.0 Å². The van der Waals surface area contributed by atoms with Crippen LogP contribution in [0.25, 0.3) is 11.4 Å². The van der Waals surface area contributed by atoms with Crippen LogP contribution in [-0.4, -0.2) is 46.1 Å². The van der Waals surface area contributed by atoms with E-state index < -0.39 is 17.2 Å². The van der Waals surface area contributed by atoms with Gasteiger partial charge in [-0.05, 0) is 31.2 Å². The Hall–Kier alpha value is -2.81. The molecule has 0 unspecified atom stereocenters. The number of imide groups is 1. The molecule has 0 spiro atoms. The highest BCUT2D eigenvalue weighted by atomic mass is 32.2. The second-order valence-corrected chi connectivity index (χ2v) is 6.57. The van der Waals surface area contributed by atoms with Crippen LogP contribution in [0.1, 0.15) is 6.92 Å². The largest absolute Gasteiger partial charge is 0.497 e. The zero-order chi connectivity index (χ0) is 19.1. The van der Waals surface area contributed by atoms with E-state index in [4.69, 9.17) is 4.74 Å². The van der Waals surface area contributed by atoms with Gasteiger partial charge in [0.1, 0.15) is 5.75 Å². The maximum absolute atomic E-state index is 12.0. The first kappa shape index (κ1) is 19.5. The van der Waals surface area contributed by atoms with Crippen LogP contribution in [0.15, 0.2) is 42.1 Å². The molecule has 1 aromatic heterocycles. The molecule has 0 saturated heterocycles. The number of urea groups is 1. The second-order valence-electron chi connectivity index (χ2n) is 5.26. The number of hydrogen-bond donors (Lipinski definition) is 2. The van der Waals surface area contributed by atoms with Crippen LogP contribution in [-0.2, 0) is 11.3 Å². The Kier molecular flexibility index (Phi) is 6.79. The Labute approximate surface area is 156 Å². The van der Waals surface area contributed by atoms with Gasteiger partial charge in [0.05, 0.1) is 12.4 Å². The van der Waals surface area contributed by atoms with Gasteiger partial charge >= 0.3 is 6.03 Å². The van der Waals surface area contributed by atoms with E-state index in [1.807, 2.05) is 28.8 Å². The zero-order valence-electron chi connectivity index (χ0n) is 14.9. The number of ether oxygens (including phenoxy) is 1. The Morgan fingerprint density at radius 3 is 2.62 bits per heavy atom. The van der Waals surface area contributed by atoms with Crippen molar-refractivity contribution in [3.63, 3.8) is 0 Å². The predicted molar refractivity (Wildman–Crippen MR) is 100 cm³/mol. The first-order chi connectivity index (χ1) is 12.5. The number of amides is 3. The van der Waals surface area contributed by atoms with Crippen molar-refractivity contribution in [3.8, 4) is 17.1 Å². The lowest BCUT2D eigenvalue weighted by Crippen LogP contribution is -2.41. The van der Waals surface area contributed by atoms with Gasteiger partial charge in [-0.1, -0.05) is 17.8 Å². The third kappa shape index (κ3) is 4.63. The van der Waals surface area contributed by atoms with E-state index >= 15 is 0 Å². The molecular formula is C17H21N5O3S. The van der Waals surface area contributed by atoms with Gasteiger partial charge in [-0.25, -0.2) is 4.79 Å². The van der Waals surface area contributed by atoms with Crippen molar-refractivity contribution in [3.05, 3.63) is 36.9 Å². The minimum atomic E-state index is -0.547. The Morgan fingerprint density at radius 1 is 1.35 bits per heavy atom. The highest BCUT2D eigenvalue weighted by molar-refractivity contribution is 8.00. The number of thioether (sulfide) groups is 1. The van der Waals surface area contributed by atoms with E-state index in [0.717, 1.165) is 11.3 Å². The molecule has 0 aliphatic heterocycles. The van der Waals surface area contributed by atoms with E-state index in [-0.39, 0.29) is 0 Å². The molecule has 0 bridgehead atoms. The molecule has 0 saturated carbocycles. The number of nitrogens with zero attached hydrogens (tertiary/aromatic N) is 3. The molecule has 8 nitrogen and oxygen atoms in total. The van der Waals surface area contributed by atoms with Gasteiger partial charge in [-0.15, -0.1) is 16.8 Å². The Bertz CT molecular complexity index is 788. The first-order valence-corrected chi connectivity index (χ1v) is 8.75. The van der Waals surface area contributed by atoms with Crippen LogP contribution in [0.3, 0.4) is 0 Å². The lowest BCUT2D eigenvalue weighted by molar-refractivity contribution is -0.119. The summed E-state index contributed by atoms with van der Waals surface area (Å²) in [5, 5.41) is 13.1. The molecule has 2 aromatic rings. The number of methoxy groups -OCH3 is 1. The van der Waals surface area contributed by atoms with E-state index in [2.05, 4.69) is 27.4 Å². The van der Waals surface area contributed by atoms with Crippen LogP contribution in [0.5, 0.6) is 5.75 Å². The SMILES string of the molecule is C=CCn1c(S[C@H](C)C(=O)NC(=O)NC)nnc1-c1ccc(OC)cc1. The fourth-order valence-corrected chi connectivity index (χ4v) is 2.97. The molecule has 9 heteroatoms. The summed E-state index contributed by atoms with van der Waals surface area (Å²) in [6.45, 7) is 5.95. The monoisotopic (exact) mass is 375 g/mol. The Balaban J connectivity index is 2.23. The number of nitrogens with one attached hydrogen (secondary N) is 2. The molecule has 0 aliphatic carbocycles. The molecule has 2 rings (SSSR count). The topological polar surface area (TPSA) is 98.1 Å². The number of carbonyl (C=O) groups excluding carboxylic acids is 2. The summed E-state index contributed by atoms with van der Waals surface area (Å²) in [7, 11) is 3.05. The van der Waals surface area contributed by atoms with Gasteiger partial charge in [0, 0.05) is 19.2 Å². The smallest absolute Gasteiger partial charge is 0.321 e. The number of benzene rings is 1. The minimum absolute atomic E-state index is 0.409. The summed E-state index contributed by atoms with van der Waals surface area (Å²) >= 11 is 1.22. The molecule has 2 N–H and O–H groups in total. The van der Waals surface area contributed by atoms with Gasteiger partial charge in [-0.3, -0.25) is 14.7 Å². The molecule has 1 aromatic carbocycles. The van der Waals surface area contributed by atoms with Crippen molar-refractivity contribution in [2.24, 2.45) is 0 Å². The fourth-order valence-electron chi connectivity index (χ4n) is 2.11. The molecule has 26 heavy (non-hydrogen) atoms. The summed E-state index contributed by atoms with van der Waals surface area (Å²) in [5.41, 5.74) is 0.870. The van der Waals surface area contributed by atoms with E-state index in [1.165, 1.54) is 18.8 Å². The summed E-state index contributed by atoms with van der Waals surface area (Å²) < 4.78 is 7.03. The van der Waals surface area contributed by atoms with Crippen LogP contribution in [0.2, 0.25) is 0 Å². The number of carbonyl (C=O) groups is 2. The fraction of sp³-hybridized carbons (Fsp3) is 0.294. The molecule has 3 amide bonds. The Morgan fingerprint density at radius 2 is 2.04 bits per heavy atom. The summed E-state index contributed by atoms with van der Waals surface area (Å²) in [5.74, 6) is 1.00. The number of hydrogen-bond acceptors (Lipinski definition) is 6. The quantitative estimate of drug-likeness (QED) is 0.568. The van der Waals surface area contributed by atoms with Crippen LogP contribution < -0.4 is 15.4 Å².